The number of anilines is 3. The third-order valence-electron chi connectivity index (χ3n) is 5.39. The average Bonchev–Trinajstić information content (AvgIpc) is 3.50. The van der Waals surface area contributed by atoms with Crippen LogP contribution in [0.5, 0.6) is 0 Å². The van der Waals surface area contributed by atoms with Gasteiger partial charge in [0, 0.05) is 12.0 Å². The number of nitrogens with zero attached hydrogens (tertiary/aromatic N) is 3. The lowest BCUT2D eigenvalue weighted by Crippen LogP contribution is -2.45. The maximum absolute atomic E-state index is 13.2. The van der Waals surface area contributed by atoms with Crippen LogP contribution in [0.25, 0.3) is 0 Å². The van der Waals surface area contributed by atoms with Crippen molar-refractivity contribution in [2.24, 2.45) is 5.92 Å². The second-order valence-electron chi connectivity index (χ2n) is 7.90. The minimum Gasteiger partial charge on any atom is -0.336 e. The summed E-state index contributed by atoms with van der Waals surface area (Å²) in [6.45, 7) is 3.86. The number of carbonyl (C=O) groups is 2. The van der Waals surface area contributed by atoms with Crippen LogP contribution in [0.1, 0.15) is 56.4 Å². The molecule has 2 aliphatic rings. The second kappa shape index (κ2) is 7.71. The van der Waals surface area contributed by atoms with Crippen molar-refractivity contribution in [1.29, 1.82) is 0 Å². The van der Waals surface area contributed by atoms with Gasteiger partial charge in [-0.15, -0.1) is 0 Å². The highest BCUT2D eigenvalue weighted by molar-refractivity contribution is 6.34. The minimum atomic E-state index is -0.851. The van der Waals surface area contributed by atoms with Gasteiger partial charge >= 0.3 is 0 Å². The maximum atomic E-state index is 13.2. The largest absolute Gasteiger partial charge is 0.336 e. The van der Waals surface area contributed by atoms with E-state index in [4.69, 9.17) is 11.6 Å². The number of unbranched alkanes of at least 4 members (excludes halogenated alkanes) is 1. The summed E-state index contributed by atoms with van der Waals surface area (Å²) in [6.07, 6.45) is 5.44. The molecule has 3 N–H and O–H groups in total. The molecular formula is C20H23ClN6O3. The number of fused-ring (bicyclic) bond motifs is 1. The van der Waals surface area contributed by atoms with Gasteiger partial charge in [0.1, 0.15) is 35.0 Å². The van der Waals surface area contributed by atoms with Crippen molar-refractivity contribution in [2.45, 2.75) is 51.6 Å². The molecule has 0 aromatic carbocycles. The third kappa shape index (κ3) is 3.77. The first-order valence-electron chi connectivity index (χ1n) is 10.0. The van der Waals surface area contributed by atoms with Crippen molar-refractivity contribution in [1.82, 2.24) is 19.9 Å². The molecule has 2 aromatic heterocycles. The zero-order valence-electron chi connectivity index (χ0n) is 16.8. The number of carbonyl (C=O) groups excluding carboxylic acids is 2. The van der Waals surface area contributed by atoms with Crippen LogP contribution >= 0.6 is 11.6 Å². The number of rotatable bonds is 7. The number of hydrogen-bond acceptors (Lipinski definition) is 6. The Hall–Kier alpha value is -2.94. The third-order valence-corrected chi connectivity index (χ3v) is 5.68. The number of nitrogens with one attached hydrogen (secondary N) is 3. The molecule has 10 heteroatoms. The lowest BCUT2D eigenvalue weighted by Gasteiger charge is -2.27. The molecule has 0 spiro atoms. The first-order chi connectivity index (χ1) is 14.3. The highest BCUT2D eigenvalue weighted by atomic mass is 35.5. The summed E-state index contributed by atoms with van der Waals surface area (Å²) in [5, 5.41) is 8.76. The van der Waals surface area contributed by atoms with Gasteiger partial charge in [-0.2, -0.15) is 0 Å². The monoisotopic (exact) mass is 430 g/mol. The maximum Gasteiger partial charge on any atom is 0.276 e. The summed E-state index contributed by atoms with van der Waals surface area (Å²) in [5.41, 5.74) is -0.892. The van der Waals surface area contributed by atoms with Crippen molar-refractivity contribution >= 4 is 40.7 Å². The summed E-state index contributed by atoms with van der Waals surface area (Å²) in [6, 6.07) is 2.97. The Balaban J connectivity index is 1.66. The predicted octanol–water partition coefficient (Wildman–Crippen LogP) is 2.99. The number of hydrogen-bond donors (Lipinski definition) is 3. The number of amides is 2. The molecule has 1 saturated carbocycles. The first-order valence-corrected chi connectivity index (χ1v) is 10.4. The van der Waals surface area contributed by atoms with E-state index >= 15 is 0 Å². The van der Waals surface area contributed by atoms with Gasteiger partial charge in [-0.1, -0.05) is 24.9 Å². The lowest BCUT2D eigenvalue weighted by atomic mass is 10.1. The van der Waals surface area contributed by atoms with Crippen LogP contribution in [0.2, 0.25) is 5.02 Å². The van der Waals surface area contributed by atoms with E-state index in [9.17, 15) is 14.4 Å². The number of pyridine rings is 1. The Kier molecular flexibility index (Phi) is 5.23. The standard InChI is InChI=1S/C20H23ClN6O3/c1-3-4-7-20(2)26-18(29)16-12(21)8-13(19(30)27(16)20)24-14-9-15(23-10-22-14)25-17(28)11-5-6-11/h8-11H,3-7H2,1-2H3,(H,26,29)(H2,22,23,24,25,28). The average molecular weight is 431 g/mol. The van der Waals surface area contributed by atoms with E-state index in [2.05, 4.69) is 25.9 Å². The molecule has 3 heterocycles. The molecule has 2 amide bonds. The van der Waals surface area contributed by atoms with Gasteiger partial charge in [0.05, 0.1) is 5.02 Å². The van der Waals surface area contributed by atoms with Crippen molar-refractivity contribution in [3.63, 3.8) is 0 Å². The van der Waals surface area contributed by atoms with Crippen LogP contribution < -0.4 is 21.5 Å². The van der Waals surface area contributed by atoms with Crippen LogP contribution in [-0.2, 0) is 10.5 Å². The molecule has 1 aliphatic carbocycles. The zero-order chi connectivity index (χ0) is 21.5. The van der Waals surface area contributed by atoms with Crippen molar-refractivity contribution in [3.05, 3.63) is 39.5 Å². The molecule has 158 valence electrons. The normalized spacial score (nSPS) is 19.9. The van der Waals surface area contributed by atoms with Gasteiger partial charge < -0.3 is 16.0 Å². The van der Waals surface area contributed by atoms with E-state index in [1.807, 2.05) is 13.8 Å². The molecular weight excluding hydrogens is 408 g/mol. The fourth-order valence-corrected chi connectivity index (χ4v) is 3.90. The fourth-order valence-electron chi connectivity index (χ4n) is 3.62. The summed E-state index contributed by atoms with van der Waals surface area (Å²) in [7, 11) is 0. The SMILES string of the molecule is CCCCC1(C)NC(=O)c2c(Cl)cc(Nc3cc(NC(=O)C4CC4)ncn3)c(=O)n21. The summed E-state index contributed by atoms with van der Waals surface area (Å²) in [5.74, 6) is 0.284. The topological polar surface area (TPSA) is 118 Å². The molecule has 0 saturated heterocycles. The second-order valence-corrected chi connectivity index (χ2v) is 8.31. The molecule has 1 atom stereocenters. The van der Waals surface area contributed by atoms with Gasteiger partial charge in [0.25, 0.3) is 11.5 Å². The Bertz CT molecular complexity index is 1080. The van der Waals surface area contributed by atoms with Gasteiger partial charge in [0.15, 0.2) is 0 Å². The molecule has 1 unspecified atom stereocenters. The molecule has 1 aliphatic heterocycles. The van der Waals surface area contributed by atoms with E-state index in [0.29, 0.717) is 18.1 Å². The predicted molar refractivity (Wildman–Crippen MR) is 113 cm³/mol. The Labute approximate surface area is 178 Å². The zero-order valence-corrected chi connectivity index (χ0v) is 17.5. The van der Waals surface area contributed by atoms with E-state index in [-0.39, 0.29) is 39.7 Å². The van der Waals surface area contributed by atoms with Gasteiger partial charge in [-0.05, 0) is 38.7 Å². The van der Waals surface area contributed by atoms with E-state index in [1.165, 1.54) is 17.0 Å². The molecule has 0 bridgehead atoms. The quantitative estimate of drug-likeness (QED) is 0.621. The Morgan fingerprint density at radius 3 is 2.73 bits per heavy atom. The van der Waals surface area contributed by atoms with Crippen molar-refractivity contribution < 1.29 is 9.59 Å². The van der Waals surface area contributed by atoms with Crippen molar-refractivity contribution in [2.75, 3.05) is 10.6 Å². The van der Waals surface area contributed by atoms with Crippen LogP contribution in [0.3, 0.4) is 0 Å². The molecule has 9 nitrogen and oxygen atoms in total. The van der Waals surface area contributed by atoms with Crippen LogP contribution in [-0.4, -0.2) is 26.3 Å². The molecule has 30 heavy (non-hydrogen) atoms. The van der Waals surface area contributed by atoms with Crippen LogP contribution in [0.15, 0.2) is 23.3 Å². The van der Waals surface area contributed by atoms with Crippen LogP contribution in [0, 0.1) is 5.92 Å². The van der Waals surface area contributed by atoms with E-state index in [0.717, 1.165) is 25.7 Å². The Morgan fingerprint density at radius 1 is 1.30 bits per heavy atom. The summed E-state index contributed by atoms with van der Waals surface area (Å²) < 4.78 is 1.42. The minimum absolute atomic E-state index is 0.0439. The number of aromatic nitrogens is 3. The lowest BCUT2D eigenvalue weighted by molar-refractivity contribution is -0.117. The van der Waals surface area contributed by atoms with Gasteiger partial charge in [-0.25, -0.2) is 9.97 Å². The molecule has 0 radical (unpaired) electrons. The van der Waals surface area contributed by atoms with Gasteiger partial charge in [-0.3, -0.25) is 19.0 Å². The van der Waals surface area contributed by atoms with Crippen LogP contribution in [0.4, 0.5) is 17.3 Å². The highest BCUT2D eigenvalue weighted by Crippen LogP contribution is 2.32. The summed E-state index contributed by atoms with van der Waals surface area (Å²) in [4.78, 5) is 45.8. The fraction of sp³-hybridized carbons (Fsp3) is 0.450. The summed E-state index contributed by atoms with van der Waals surface area (Å²) >= 11 is 6.36. The number of halogens is 1. The Morgan fingerprint density at radius 2 is 2.03 bits per heavy atom. The van der Waals surface area contributed by atoms with Gasteiger partial charge in [0.2, 0.25) is 5.91 Å². The highest BCUT2D eigenvalue weighted by Gasteiger charge is 2.41. The van der Waals surface area contributed by atoms with E-state index in [1.54, 1.807) is 6.07 Å². The first kappa shape index (κ1) is 20.3. The molecule has 4 rings (SSSR count). The van der Waals surface area contributed by atoms with E-state index < -0.39 is 5.66 Å². The van der Waals surface area contributed by atoms with Crippen molar-refractivity contribution in [3.8, 4) is 0 Å². The molecule has 2 aromatic rings. The smallest absolute Gasteiger partial charge is 0.276 e. The molecule has 1 fully saturated rings.